The highest BCUT2D eigenvalue weighted by molar-refractivity contribution is 6.30. The number of carbonyl (C=O) groups is 1. The van der Waals surface area contributed by atoms with Gasteiger partial charge in [-0.2, -0.15) is 0 Å². The Morgan fingerprint density at radius 2 is 2.14 bits per heavy atom. The number of rotatable bonds is 3. The Kier molecular flexibility index (Phi) is 3.75. The fourth-order valence-corrected chi connectivity index (χ4v) is 2.20. The molecule has 0 spiro atoms. The van der Waals surface area contributed by atoms with Crippen LogP contribution >= 0.6 is 11.6 Å². The summed E-state index contributed by atoms with van der Waals surface area (Å²) in [6.07, 6.45) is 1.40. The van der Waals surface area contributed by atoms with E-state index in [4.69, 9.17) is 16.3 Å². The van der Waals surface area contributed by atoms with Gasteiger partial charge >= 0.3 is 0 Å². The van der Waals surface area contributed by atoms with Crippen LogP contribution in [0.25, 0.3) is 0 Å². The van der Waals surface area contributed by atoms with E-state index in [1.165, 1.54) is 24.4 Å². The van der Waals surface area contributed by atoms with Gasteiger partial charge in [0.1, 0.15) is 11.9 Å². The van der Waals surface area contributed by atoms with Crippen molar-refractivity contribution in [3.05, 3.63) is 59.0 Å². The molecule has 1 amide bonds. The van der Waals surface area contributed by atoms with Crippen molar-refractivity contribution in [1.29, 1.82) is 0 Å². The SMILES string of the molecule is O=C(c1cccc(F)c1)N1CC(Oc2ccc(Cl)cn2)C1. The minimum Gasteiger partial charge on any atom is -0.471 e. The predicted octanol–water partition coefficient (Wildman–Crippen LogP) is 2.78. The van der Waals surface area contributed by atoms with Crippen LogP contribution in [0.15, 0.2) is 42.6 Å². The number of ether oxygens (including phenoxy) is 1. The Morgan fingerprint density at radius 1 is 1.33 bits per heavy atom. The normalized spacial score (nSPS) is 14.7. The summed E-state index contributed by atoms with van der Waals surface area (Å²) < 4.78 is 18.7. The van der Waals surface area contributed by atoms with E-state index in [1.807, 2.05) is 0 Å². The summed E-state index contributed by atoms with van der Waals surface area (Å²) in [6, 6.07) is 9.04. The zero-order valence-corrected chi connectivity index (χ0v) is 11.8. The van der Waals surface area contributed by atoms with Gasteiger partial charge in [0.25, 0.3) is 5.91 Å². The number of benzene rings is 1. The van der Waals surface area contributed by atoms with Crippen LogP contribution in [-0.4, -0.2) is 35.0 Å². The highest BCUT2D eigenvalue weighted by Crippen LogP contribution is 2.19. The molecule has 0 bridgehead atoms. The first-order valence-corrected chi connectivity index (χ1v) is 6.82. The predicted molar refractivity (Wildman–Crippen MR) is 76.0 cm³/mol. The summed E-state index contributed by atoms with van der Waals surface area (Å²) in [5.41, 5.74) is 0.345. The number of nitrogens with zero attached hydrogens (tertiary/aromatic N) is 2. The van der Waals surface area contributed by atoms with Crippen LogP contribution in [0.4, 0.5) is 4.39 Å². The van der Waals surface area contributed by atoms with Gasteiger partial charge in [-0.1, -0.05) is 17.7 Å². The number of carbonyl (C=O) groups excluding carboxylic acids is 1. The lowest BCUT2D eigenvalue weighted by molar-refractivity contribution is 0.0160. The standard InChI is InChI=1S/C15H12ClFN2O2/c16-11-4-5-14(18-7-11)21-13-8-19(9-13)15(20)10-2-1-3-12(17)6-10/h1-7,13H,8-9H2. The number of pyridine rings is 1. The molecule has 1 saturated heterocycles. The van der Waals surface area contributed by atoms with Gasteiger partial charge < -0.3 is 9.64 Å². The molecule has 1 aliphatic rings. The van der Waals surface area contributed by atoms with Crippen molar-refractivity contribution in [3.8, 4) is 5.88 Å². The second-order valence-electron chi connectivity index (χ2n) is 4.77. The molecule has 0 saturated carbocycles. The first-order valence-electron chi connectivity index (χ1n) is 6.45. The quantitative estimate of drug-likeness (QED) is 0.875. The van der Waals surface area contributed by atoms with Gasteiger partial charge in [-0.3, -0.25) is 4.79 Å². The maximum absolute atomic E-state index is 13.1. The van der Waals surface area contributed by atoms with Gasteiger partial charge in [0.05, 0.1) is 18.1 Å². The fraction of sp³-hybridized carbons (Fsp3) is 0.200. The van der Waals surface area contributed by atoms with Gasteiger partial charge in [-0.25, -0.2) is 9.37 Å². The van der Waals surface area contributed by atoms with E-state index in [0.29, 0.717) is 29.6 Å². The number of halogens is 2. The summed E-state index contributed by atoms with van der Waals surface area (Å²) in [6.45, 7) is 0.916. The highest BCUT2D eigenvalue weighted by Gasteiger charge is 2.33. The second-order valence-corrected chi connectivity index (χ2v) is 5.21. The lowest BCUT2D eigenvalue weighted by atomic mass is 10.1. The minimum absolute atomic E-state index is 0.101. The Morgan fingerprint density at radius 3 is 2.81 bits per heavy atom. The first-order chi connectivity index (χ1) is 10.1. The maximum Gasteiger partial charge on any atom is 0.254 e. The lowest BCUT2D eigenvalue weighted by Crippen LogP contribution is -2.56. The molecular weight excluding hydrogens is 295 g/mol. The summed E-state index contributed by atoms with van der Waals surface area (Å²) in [5.74, 6) is -0.139. The van der Waals surface area contributed by atoms with Gasteiger partial charge in [-0.15, -0.1) is 0 Å². The highest BCUT2D eigenvalue weighted by atomic mass is 35.5. The maximum atomic E-state index is 13.1. The number of hydrogen-bond acceptors (Lipinski definition) is 3. The number of likely N-dealkylation sites (tertiary alicyclic amines) is 1. The molecule has 0 radical (unpaired) electrons. The molecule has 108 valence electrons. The van der Waals surface area contributed by atoms with E-state index in [1.54, 1.807) is 23.1 Å². The van der Waals surface area contributed by atoms with Crippen LogP contribution in [0, 0.1) is 5.82 Å². The van der Waals surface area contributed by atoms with Gasteiger partial charge in [0.15, 0.2) is 0 Å². The molecule has 2 heterocycles. The van der Waals surface area contributed by atoms with Crippen molar-refractivity contribution in [1.82, 2.24) is 9.88 Å². The number of amides is 1. The third-order valence-electron chi connectivity index (χ3n) is 3.19. The molecule has 1 aromatic carbocycles. The van der Waals surface area contributed by atoms with Crippen LogP contribution in [0.3, 0.4) is 0 Å². The monoisotopic (exact) mass is 306 g/mol. The van der Waals surface area contributed by atoms with E-state index in [-0.39, 0.29) is 12.0 Å². The van der Waals surface area contributed by atoms with Crippen molar-refractivity contribution >= 4 is 17.5 Å². The topological polar surface area (TPSA) is 42.4 Å². The molecule has 1 fully saturated rings. The molecule has 0 N–H and O–H groups in total. The molecule has 1 aliphatic heterocycles. The van der Waals surface area contributed by atoms with Gasteiger partial charge in [-0.05, 0) is 24.3 Å². The molecule has 21 heavy (non-hydrogen) atoms. The second kappa shape index (κ2) is 5.69. The zero-order valence-electron chi connectivity index (χ0n) is 11.0. The summed E-state index contributed by atoms with van der Waals surface area (Å²) >= 11 is 5.74. The Bertz CT molecular complexity index is 657. The lowest BCUT2D eigenvalue weighted by Gasteiger charge is -2.38. The Labute approximate surface area is 126 Å². The summed E-state index contributed by atoms with van der Waals surface area (Å²) in [7, 11) is 0. The van der Waals surface area contributed by atoms with E-state index in [9.17, 15) is 9.18 Å². The molecule has 0 atom stereocenters. The van der Waals surface area contributed by atoms with E-state index < -0.39 is 5.82 Å². The zero-order chi connectivity index (χ0) is 14.8. The summed E-state index contributed by atoms with van der Waals surface area (Å²) in [5, 5.41) is 0.541. The average Bonchev–Trinajstić information content (AvgIpc) is 2.44. The van der Waals surface area contributed by atoms with Crippen molar-refractivity contribution in [2.45, 2.75) is 6.10 Å². The van der Waals surface area contributed by atoms with E-state index >= 15 is 0 Å². The molecule has 6 heteroatoms. The Hall–Kier alpha value is -2.14. The fourth-order valence-electron chi connectivity index (χ4n) is 2.09. The molecular formula is C15H12ClFN2O2. The van der Waals surface area contributed by atoms with Gasteiger partial charge in [0.2, 0.25) is 5.88 Å². The van der Waals surface area contributed by atoms with Crippen molar-refractivity contribution in [3.63, 3.8) is 0 Å². The molecule has 4 nitrogen and oxygen atoms in total. The van der Waals surface area contributed by atoms with Gasteiger partial charge in [0, 0.05) is 17.8 Å². The molecule has 1 aromatic heterocycles. The van der Waals surface area contributed by atoms with Crippen LogP contribution in [0.2, 0.25) is 5.02 Å². The van der Waals surface area contributed by atoms with Crippen LogP contribution in [0.1, 0.15) is 10.4 Å². The largest absolute Gasteiger partial charge is 0.471 e. The third-order valence-corrected chi connectivity index (χ3v) is 3.42. The third kappa shape index (κ3) is 3.13. The smallest absolute Gasteiger partial charge is 0.254 e. The van der Waals surface area contributed by atoms with E-state index in [2.05, 4.69) is 4.98 Å². The minimum atomic E-state index is -0.417. The van der Waals surface area contributed by atoms with Crippen LogP contribution in [0.5, 0.6) is 5.88 Å². The van der Waals surface area contributed by atoms with E-state index in [0.717, 1.165) is 0 Å². The van der Waals surface area contributed by atoms with Crippen LogP contribution in [-0.2, 0) is 0 Å². The summed E-state index contributed by atoms with van der Waals surface area (Å²) in [4.78, 5) is 17.7. The molecule has 0 unspecified atom stereocenters. The molecule has 0 aliphatic carbocycles. The van der Waals surface area contributed by atoms with Crippen molar-refractivity contribution in [2.24, 2.45) is 0 Å². The molecule has 3 rings (SSSR count). The Balaban J connectivity index is 1.56. The molecule has 2 aromatic rings. The number of hydrogen-bond donors (Lipinski definition) is 0. The number of aromatic nitrogens is 1. The van der Waals surface area contributed by atoms with Crippen molar-refractivity contribution < 1.29 is 13.9 Å². The van der Waals surface area contributed by atoms with Crippen LogP contribution < -0.4 is 4.74 Å². The first kappa shape index (κ1) is 13.8. The average molecular weight is 307 g/mol. The van der Waals surface area contributed by atoms with Crippen molar-refractivity contribution in [2.75, 3.05) is 13.1 Å².